The Labute approximate surface area is 212 Å². The Morgan fingerprint density at radius 1 is 1.00 bits per heavy atom. The number of rotatable bonds is 11. The molecule has 36 heavy (non-hydrogen) atoms. The van der Waals surface area contributed by atoms with Crippen molar-refractivity contribution in [2.75, 3.05) is 54.9 Å². The quantitative estimate of drug-likeness (QED) is 0.299. The number of hydrogen-bond donors (Lipinski definition) is 4. The average Bonchev–Trinajstić information content (AvgIpc) is 3.51. The normalized spacial score (nSPS) is 19.0. The molecule has 1 saturated carbocycles. The number of nitrogens with one attached hydrogen (secondary N) is 3. The van der Waals surface area contributed by atoms with Crippen LogP contribution in [-0.4, -0.2) is 64.0 Å². The molecule has 2 aliphatic heterocycles. The highest BCUT2D eigenvalue weighted by molar-refractivity contribution is 5.86. The van der Waals surface area contributed by atoms with Crippen LogP contribution in [-0.2, 0) is 0 Å². The van der Waals surface area contributed by atoms with E-state index in [-0.39, 0.29) is 6.61 Å². The summed E-state index contributed by atoms with van der Waals surface area (Å²) in [5.41, 5.74) is 4.52. The SMILES string of the molecule is OCCCCCCNc1nc(Nc2ccc(N3CC4(CNC4)C3)cc2)c2ncn(C3CCCC3)c2n1. The molecule has 6 rings (SSSR count). The molecule has 3 aliphatic rings. The Balaban J connectivity index is 1.19. The fourth-order valence-electron chi connectivity index (χ4n) is 5.86. The van der Waals surface area contributed by atoms with Crippen LogP contribution >= 0.6 is 0 Å². The first-order chi connectivity index (χ1) is 17.7. The van der Waals surface area contributed by atoms with E-state index in [9.17, 15) is 0 Å². The van der Waals surface area contributed by atoms with Crippen molar-refractivity contribution < 1.29 is 5.11 Å². The number of unbranched alkanes of at least 4 members (excludes halogenated alkanes) is 3. The second kappa shape index (κ2) is 10.2. The van der Waals surface area contributed by atoms with Gasteiger partial charge in [-0.05, 0) is 49.9 Å². The summed E-state index contributed by atoms with van der Waals surface area (Å²) < 4.78 is 2.25. The highest BCUT2D eigenvalue weighted by Crippen LogP contribution is 2.38. The molecule has 2 aromatic heterocycles. The highest BCUT2D eigenvalue weighted by Gasteiger charge is 2.47. The maximum absolute atomic E-state index is 8.98. The number of aliphatic hydroxyl groups excluding tert-OH is 1. The van der Waals surface area contributed by atoms with Crippen LogP contribution in [0.15, 0.2) is 30.6 Å². The van der Waals surface area contributed by atoms with Crippen LogP contribution in [0.5, 0.6) is 0 Å². The van der Waals surface area contributed by atoms with Gasteiger partial charge in [0.05, 0.1) is 6.33 Å². The summed E-state index contributed by atoms with van der Waals surface area (Å²) in [5.74, 6) is 1.39. The van der Waals surface area contributed by atoms with Crippen molar-refractivity contribution in [1.82, 2.24) is 24.8 Å². The van der Waals surface area contributed by atoms with Gasteiger partial charge in [0.1, 0.15) is 0 Å². The molecule has 3 fully saturated rings. The molecule has 9 nitrogen and oxygen atoms in total. The molecule has 1 spiro atoms. The van der Waals surface area contributed by atoms with E-state index in [1.807, 2.05) is 6.33 Å². The minimum absolute atomic E-state index is 0.269. The molecule has 4 N–H and O–H groups in total. The number of hydrogen-bond acceptors (Lipinski definition) is 8. The van der Waals surface area contributed by atoms with Crippen molar-refractivity contribution in [2.24, 2.45) is 5.41 Å². The zero-order chi connectivity index (χ0) is 24.4. The van der Waals surface area contributed by atoms with E-state index in [0.717, 1.165) is 81.1 Å². The summed E-state index contributed by atoms with van der Waals surface area (Å²) in [5, 5.41) is 19.3. The fourth-order valence-corrected chi connectivity index (χ4v) is 5.86. The van der Waals surface area contributed by atoms with Crippen LogP contribution < -0.4 is 20.9 Å². The van der Waals surface area contributed by atoms with Gasteiger partial charge in [-0.2, -0.15) is 9.97 Å². The Kier molecular flexibility index (Phi) is 6.67. The van der Waals surface area contributed by atoms with E-state index >= 15 is 0 Å². The number of imidazole rings is 1. The molecule has 0 unspecified atom stereocenters. The average molecular weight is 491 g/mol. The summed E-state index contributed by atoms with van der Waals surface area (Å²) >= 11 is 0. The molecule has 3 aromatic rings. The molecule has 0 amide bonds. The van der Waals surface area contributed by atoms with Crippen molar-refractivity contribution >= 4 is 34.3 Å². The van der Waals surface area contributed by atoms with Gasteiger partial charge in [-0.15, -0.1) is 0 Å². The monoisotopic (exact) mass is 490 g/mol. The van der Waals surface area contributed by atoms with Gasteiger partial charge in [0.25, 0.3) is 0 Å². The number of nitrogens with zero attached hydrogens (tertiary/aromatic N) is 5. The van der Waals surface area contributed by atoms with Gasteiger partial charge >= 0.3 is 0 Å². The lowest BCUT2D eigenvalue weighted by Crippen LogP contribution is -2.71. The summed E-state index contributed by atoms with van der Waals surface area (Å²) in [6.45, 7) is 5.68. The van der Waals surface area contributed by atoms with E-state index in [1.165, 1.54) is 31.4 Å². The van der Waals surface area contributed by atoms with Crippen molar-refractivity contribution in [3.8, 4) is 0 Å². The van der Waals surface area contributed by atoms with Crippen LogP contribution in [0.4, 0.5) is 23.1 Å². The van der Waals surface area contributed by atoms with Crippen molar-refractivity contribution in [2.45, 2.75) is 57.4 Å². The van der Waals surface area contributed by atoms with Crippen LogP contribution in [0.1, 0.15) is 57.4 Å². The third kappa shape index (κ3) is 4.74. The van der Waals surface area contributed by atoms with Crippen molar-refractivity contribution in [1.29, 1.82) is 0 Å². The fraction of sp³-hybridized carbons (Fsp3) is 0.593. The minimum Gasteiger partial charge on any atom is -0.396 e. The van der Waals surface area contributed by atoms with Gasteiger partial charge in [0, 0.05) is 62.2 Å². The second-order valence-corrected chi connectivity index (χ2v) is 10.9. The van der Waals surface area contributed by atoms with E-state index in [4.69, 9.17) is 20.1 Å². The molecule has 1 aliphatic carbocycles. The topological polar surface area (TPSA) is 103 Å². The molecule has 1 aromatic carbocycles. The lowest BCUT2D eigenvalue weighted by Gasteiger charge is -2.57. The summed E-state index contributed by atoms with van der Waals surface area (Å²) in [4.78, 5) is 16.9. The third-order valence-corrected chi connectivity index (χ3v) is 8.06. The van der Waals surface area contributed by atoms with Crippen LogP contribution in [0.3, 0.4) is 0 Å². The standard InChI is InChI=1S/C27H38N8O/c36-14-6-2-1-5-13-29-26-32-24(23-25(33-26)35(19-30-23)22-7-3-4-8-22)31-20-9-11-21(12-10-20)34-17-27(18-34)15-28-16-27/h9-12,19,22,28,36H,1-8,13-18H2,(H2,29,31,32,33). The zero-order valence-electron chi connectivity index (χ0n) is 21.0. The maximum Gasteiger partial charge on any atom is 0.226 e. The molecule has 192 valence electrons. The summed E-state index contributed by atoms with van der Waals surface area (Å²) in [7, 11) is 0. The Hall–Kier alpha value is -2.91. The lowest BCUT2D eigenvalue weighted by molar-refractivity contribution is 0.121. The van der Waals surface area contributed by atoms with Crippen LogP contribution in [0, 0.1) is 5.41 Å². The van der Waals surface area contributed by atoms with Crippen molar-refractivity contribution in [3.63, 3.8) is 0 Å². The lowest BCUT2D eigenvalue weighted by atomic mass is 9.74. The first kappa shape index (κ1) is 23.5. The van der Waals surface area contributed by atoms with Gasteiger partial charge in [0.2, 0.25) is 5.95 Å². The van der Waals surface area contributed by atoms with Crippen molar-refractivity contribution in [3.05, 3.63) is 30.6 Å². The minimum atomic E-state index is 0.269. The Morgan fingerprint density at radius 2 is 1.78 bits per heavy atom. The number of aromatic nitrogens is 4. The number of benzene rings is 1. The Bertz CT molecular complexity index is 1160. The molecular formula is C27H38N8O. The second-order valence-electron chi connectivity index (χ2n) is 10.9. The zero-order valence-corrected chi connectivity index (χ0v) is 21.0. The van der Waals surface area contributed by atoms with E-state index in [0.29, 0.717) is 17.4 Å². The predicted molar refractivity (Wildman–Crippen MR) is 144 cm³/mol. The molecule has 2 saturated heterocycles. The molecule has 9 heteroatoms. The van der Waals surface area contributed by atoms with Gasteiger partial charge < -0.3 is 30.5 Å². The number of fused-ring (bicyclic) bond motifs is 1. The largest absolute Gasteiger partial charge is 0.396 e. The van der Waals surface area contributed by atoms with Gasteiger partial charge in [-0.25, -0.2) is 4.98 Å². The van der Waals surface area contributed by atoms with Gasteiger partial charge in [-0.1, -0.05) is 25.7 Å². The number of anilines is 4. The van der Waals surface area contributed by atoms with E-state index in [2.05, 4.69) is 49.7 Å². The summed E-state index contributed by atoms with van der Waals surface area (Å²) in [6.07, 6.45) is 10.9. The first-order valence-electron chi connectivity index (χ1n) is 13.7. The Morgan fingerprint density at radius 3 is 2.50 bits per heavy atom. The molecule has 0 atom stereocenters. The van der Waals surface area contributed by atoms with Crippen LogP contribution in [0.25, 0.3) is 11.2 Å². The molecule has 4 heterocycles. The van der Waals surface area contributed by atoms with E-state index in [1.54, 1.807) is 0 Å². The molecule has 0 radical (unpaired) electrons. The smallest absolute Gasteiger partial charge is 0.226 e. The molecule has 0 bridgehead atoms. The van der Waals surface area contributed by atoms with Crippen LogP contribution in [0.2, 0.25) is 0 Å². The third-order valence-electron chi connectivity index (χ3n) is 8.06. The predicted octanol–water partition coefficient (Wildman–Crippen LogP) is 4.06. The van der Waals surface area contributed by atoms with Gasteiger partial charge in [0.15, 0.2) is 17.0 Å². The first-order valence-corrected chi connectivity index (χ1v) is 13.7. The van der Waals surface area contributed by atoms with Gasteiger partial charge in [-0.3, -0.25) is 0 Å². The highest BCUT2D eigenvalue weighted by atomic mass is 16.2. The molecular weight excluding hydrogens is 452 g/mol. The maximum atomic E-state index is 8.98. The van der Waals surface area contributed by atoms with E-state index < -0.39 is 0 Å². The number of aliphatic hydroxyl groups is 1. The summed E-state index contributed by atoms with van der Waals surface area (Å²) in [6, 6.07) is 9.13.